The molecule has 1 aromatic carbocycles. The number of benzene rings is 1. The monoisotopic (exact) mass is 251 g/mol. The molecule has 0 aliphatic heterocycles. The lowest BCUT2D eigenvalue weighted by molar-refractivity contribution is -0.143. The largest absolute Gasteiger partial charge is 0.508 e. The molecule has 1 unspecified atom stereocenters. The van der Waals surface area contributed by atoms with Crippen molar-refractivity contribution < 1.29 is 19.8 Å². The topological polar surface area (TPSA) is 86.6 Å². The maximum Gasteiger partial charge on any atom is 0.329 e. The Bertz CT molecular complexity index is 484. The Balaban J connectivity index is 2.95. The van der Waals surface area contributed by atoms with E-state index in [1.165, 1.54) is 25.1 Å². The van der Waals surface area contributed by atoms with Gasteiger partial charge in [-0.1, -0.05) is 6.92 Å². The maximum atomic E-state index is 11.9. The van der Waals surface area contributed by atoms with Gasteiger partial charge < -0.3 is 15.5 Å². The number of hydrogen-bond donors (Lipinski definition) is 3. The van der Waals surface area contributed by atoms with Gasteiger partial charge in [0.1, 0.15) is 11.3 Å². The van der Waals surface area contributed by atoms with Crippen molar-refractivity contribution in [2.24, 2.45) is 0 Å². The standard InChI is InChI=1S/C13H17NO4/c1-4-13(3,12(17)18)14-11(16)9-5-6-10(15)8(2)7-9/h5-7,15H,4H2,1-3H3,(H,14,16)(H,17,18). The summed E-state index contributed by atoms with van der Waals surface area (Å²) in [5.41, 5.74) is -0.398. The Morgan fingerprint density at radius 3 is 2.44 bits per heavy atom. The van der Waals surface area contributed by atoms with Crippen LogP contribution in [0.4, 0.5) is 0 Å². The Hall–Kier alpha value is -2.04. The van der Waals surface area contributed by atoms with Crippen molar-refractivity contribution in [3.8, 4) is 5.75 Å². The zero-order valence-corrected chi connectivity index (χ0v) is 10.7. The highest BCUT2D eigenvalue weighted by atomic mass is 16.4. The first kappa shape index (κ1) is 14.0. The second-order valence-corrected chi connectivity index (χ2v) is 4.45. The highest BCUT2D eigenvalue weighted by Crippen LogP contribution is 2.18. The van der Waals surface area contributed by atoms with Crippen LogP contribution >= 0.6 is 0 Å². The molecule has 0 saturated heterocycles. The fourth-order valence-electron chi connectivity index (χ4n) is 1.41. The molecule has 0 radical (unpaired) electrons. The van der Waals surface area contributed by atoms with E-state index in [2.05, 4.69) is 5.32 Å². The number of aryl methyl sites for hydroxylation is 1. The molecule has 0 aromatic heterocycles. The number of rotatable bonds is 4. The maximum absolute atomic E-state index is 11.9. The van der Waals surface area contributed by atoms with Crippen molar-refractivity contribution >= 4 is 11.9 Å². The molecule has 0 fully saturated rings. The van der Waals surface area contributed by atoms with Gasteiger partial charge in [0.2, 0.25) is 0 Å². The number of aromatic hydroxyl groups is 1. The van der Waals surface area contributed by atoms with Crippen LogP contribution in [0, 0.1) is 6.92 Å². The molecule has 1 rings (SSSR count). The van der Waals surface area contributed by atoms with E-state index in [4.69, 9.17) is 5.11 Å². The molecule has 5 nitrogen and oxygen atoms in total. The molecule has 1 aromatic rings. The first-order valence-corrected chi connectivity index (χ1v) is 5.65. The molecular weight excluding hydrogens is 234 g/mol. The minimum atomic E-state index is -1.29. The van der Waals surface area contributed by atoms with Gasteiger partial charge in [-0.25, -0.2) is 4.79 Å². The van der Waals surface area contributed by atoms with Crippen LogP contribution in [0.1, 0.15) is 36.2 Å². The van der Waals surface area contributed by atoms with Gasteiger partial charge in [0.15, 0.2) is 0 Å². The molecule has 0 heterocycles. The predicted octanol–water partition coefficient (Wildman–Crippen LogP) is 1.68. The van der Waals surface area contributed by atoms with Crippen molar-refractivity contribution in [2.75, 3.05) is 0 Å². The number of phenolic OH excluding ortho intramolecular Hbond substituents is 1. The van der Waals surface area contributed by atoms with Gasteiger partial charge in [-0.15, -0.1) is 0 Å². The molecule has 0 bridgehead atoms. The van der Waals surface area contributed by atoms with E-state index in [1.54, 1.807) is 13.8 Å². The van der Waals surface area contributed by atoms with E-state index < -0.39 is 17.4 Å². The quantitative estimate of drug-likeness (QED) is 0.760. The number of amides is 1. The molecule has 0 aliphatic carbocycles. The number of aliphatic carboxylic acids is 1. The fourth-order valence-corrected chi connectivity index (χ4v) is 1.41. The summed E-state index contributed by atoms with van der Waals surface area (Å²) in [6.45, 7) is 4.82. The summed E-state index contributed by atoms with van der Waals surface area (Å²) < 4.78 is 0. The smallest absolute Gasteiger partial charge is 0.329 e. The fraction of sp³-hybridized carbons (Fsp3) is 0.385. The molecule has 5 heteroatoms. The molecular formula is C13H17NO4. The Morgan fingerprint density at radius 1 is 1.39 bits per heavy atom. The lowest BCUT2D eigenvalue weighted by Gasteiger charge is -2.24. The SMILES string of the molecule is CCC(C)(NC(=O)c1ccc(O)c(C)c1)C(=O)O. The lowest BCUT2D eigenvalue weighted by Crippen LogP contribution is -2.51. The van der Waals surface area contributed by atoms with Gasteiger partial charge in [0, 0.05) is 5.56 Å². The van der Waals surface area contributed by atoms with Crippen LogP contribution in [0.5, 0.6) is 5.75 Å². The normalized spacial score (nSPS) is 13.7. The van der Waals surface area contributed by atoms with E-state index in [-0.39, 0.29) is 12.2 Å². The van der Waals surface area contributed by atoms with E-state index in [9.17, 15) is 14.7 Å². The van der Waals surface area contributed by atoms with Gasteiger partial charge in [0.05, 0.1) is 0 Å². The zero-order chi connectivity index (χ0) is 13.9. The van der Waals surface area contributed by atoms with E-state index in [0.717, 1.165) is 0 Å². The molecule has 0 saturated carbocycles. The molecule has 1 atom stereocenters. The summed E-state index contributed by atoms with van der Waals surface area (Å²) >= 11 is 0. The number of nitrogens with one attached hydrogen (secondary N) is 1. The molecule has 3 N–H and O–H groups in total. The number of phenols is 1. The Morgan fingerprint density at radius 2 is 2.00 bits per heavy atom. The van der Waals surface area contributed by atoms with Crippen molar-refractivity contribution in [2.45, 2.75) is 32.7 Å². The van der Waals surface area contributed by atoms with Crippen LogP contribution < -0.4 is 5.32 Å². The lowest BCUT2D eigenvalue weighted by atomic mass is 9.98. The summed E-state index contributed by atoms with van der Waals surface area (Å²) in [5.74, 6) is -1.44. The number of carboxylic acids is 1. The van der Waals surface area contributed by atoms with Gasteiger partial charge in [-0.2, -0.15) is 0 Å². The van der Waals surface area contributed by atoms with Crippen molar-refractivity contribution in [1.29, 1.82) is 0 Å². The van der Waals surface area contributed by atoms with Crippen LogP contribution in [-0.2, 0) is 4.79 Å². The minimum Gasteiger partial charge on any atom is -0.508 e. The molecule has 18 heavy (non-hydrogen) atoms. The third-order valence-corrected chi connectivity index (χ3v) is 3.03. The van der Waals surface area contributed by atoms with Crippen LogP contribution in [-0.4, -0.2) is 27.6 Å². The molecule has 1 amide bonds. The summed E-state index contributed by atoms with van der Waals surface area (Å²) in [5, 5.41) is 20.9. The summed E-state index contributed by atoms with van der Waals surface area (Å²) in [6.07, 6.45) is 0.283. The third-order valence-electron chi connectivity index (χ3n) is 3.03. The van der Waals surface area contributed by atoms with Crippen molar-refractivity contribution in [3.05, 3.63) is 29.3 Å². The van der Waals surface area contributed by atoms with Crippen LogP contribution in [0.3, 0.4) is 0 Å². The minimum absolute atomic E-state index is 0.100. The average molecular weight is 251 g/mol. The number of hydrogen-bond acceptors (Lipinski definition) is 3. The Labute approximate surface area is 105 Å². The highest BCUT2D eigenvalue weighted by Gasteiger charge is 2.33. The molecule has 0 spiro atoms. The van der Waals surface area contributed by atoms with E-state index >= 15 is 0 Å². The second-order valence-electron chi connectivity index (χ2n) is 4.45. The first-order chi connectivity index (χ1) is 8.30. The van der Waals surface area contributed by atoms with Crippen LogP contribution in [0.2, 0.25) is 0 Å². The second kappa shape index (κ2) is 5.08. The zero-order valence-electron chi connectivity index (χ0n) is 10.7. The van der Waals surface area contributed by atoms with Crippen molar-refractivity contribution in [1.82, 2.24) is 5.32 Å². The summed E-state index contributed by atoms with van der Waals surface area (Å²) in [6, 6.07) is 4.38. The summed E-state index contributed by atoms with van der Waals surface area (Å²) in [4.78, 5) is 23.0. The van der Waals surface area contributed by atoms with Gasteiger partial charge >= 0.3 is 5.97 Å². The predicted molar refractivity (Wildman–Crippen MR) is 66.6 cm³/mol. The van der Waals surface area contributed by atoms with Crippen molar-refractivity contribution in [3.63, 3.8) is 0 Å². The van der Waals surface area contributed by atoms with Crippen LogP contribution in [0.15, 0.2) is 18.2 Å². The molecule has 0 aliphatic rings. The Kier molecular flexibility index (Phi) is 3.96. The number of carboxylic acid groups (broad SMARTS) is 1. The third kappa shape index (κ3) is 2.80. The van der Waals surface area contributed by atoms with Crippen LogP contribution in [0.25, 0.3) is 0 Å². The van der Waals surface area contributed by atoms with Gasteiger partial charge in [-0.3, -0.25) is 4.79 Å². The number of carbonyl (C=O) groups is 2. The van der Waals surface area contributed by atoms with Gasteiger partial charge in [-0.05, 0) is 44.0 Å². The van der Waals surface area contributed by atoms with E-state index in [1.807, 2.05) is 0 Å². The summed E-state index contributed by atoms with van der Waals surface area (Å²) in [7, 11) is 0. The van der Waals surface area contributed by atoms with E-state index in [0.29, 0.717) is 11.1 Å². The highest BCUT2D eigenvalue weighted by molar-refractivity contribution is 5.98. The first-order valence-electron chi connectivity index (χ1n) is 5.65. The number of carbonyl (C=O) groups excluding carboxylic acids is 1. The van der Waals surface area contributed by atoms with Gasteiger partial charge in [0.25, 0.3) is 5.91 Å². The average Bonchev–Trinajstić information content (AvgIpc) is 2.32. The molecule has 98 valence electrons.